The van der Waals surface area contributed by atoms with Crippen LogP contribution in [0.5, 0.6) is 5.75 Å². The van der Waals surface area contributed by atoms with Gasteiger partial charge >= 0.3 is 0 Å². The zero-order chi connectivity index (χ0) is 23.8. The molecule has 4 aromatic heterocycles. The predicted molar refractivity (Wildman–Crippen MR) is 139 cm³/mol. The minimum atomic E-state index is 0.197. The molecule has 168 valence electrons. The van der Waals surface area contributed by atoms with Gasteiger partial charge in [0, 0.05) is 52.7 Å². The van der Waals surface area contributed by atoms with Crippen LogP contribution in [0.1, 0.15) is 5.69 Å². The van der Waals surface area contributed by atoms with E-state index in [0.29, 0.717) is 5.56 Å². The fourth-order valence-corrected chi connectivity index (χ4v) is 4.48. The number of benzene rings is 2. The molecule has 2 aromatic carbocycles. The molecule has 0 unspecified atom stereocenters. The fourth-order valence-electron chi connectivity index (χ4n) is 4.48. The molecule has 5 nitrogen and oxygen atoms in total. The maximum atomic E-state index is 10.8. The van der Waals surface area contributed by atoms with E-state index in [0.717, 1.165) is 50.5 Å². The zero-order valence-electron chi connectivity index (χ0n) is 19.1. The molecule has 35 heavy (non-hydrogen) atoms. The van der Waals surface area contributed by atoms with E-state index in [9.17, 15) is 5.11 Å². The van der Waals surface area contributed by atoms with Crippen molar-refractivity contribution in [3.63, 3.8) is 0 Å². The van der Waals surface area contributed by atoms with Gasteiger partial charge < -0.3 is 9.51 Å². The van der Waals surface area contributed by atoms with Gasteiger partial charge in [0.05, 0.1) is 11.4 Å². The van der Waals surface area contributed by atoms with Crippen LogP contribution in [0.25, 0.3) is 50.4 Å². The number of rotatable bonds is 4. The summed E-state index contributed by atoms with van der Waals surface area (Å²) in [4.78, 5) is 13.7. The standard InChI is InChI=1S/C30H22N4O/c1-20-29(26-18-21(12-13-28(26)35)24-9-5-14-31-19-24)33-30-25(10-6-16-34(20)30)22-7-4-8-23(17-22)27-11-2-3-15-32-27/h2-19,35H,1H3. The molecule has 0 atom stereocenters. The second kappa shape index (κ2) is 8.54. The Hall–Kier alpha value is -4.77. The van der Waals surface area contributed by atoms with Crippen LogP contribution in [-0.2, 0) is 0 Å². The highest BCUT2D eigenvalue weighted by Gasteiger charge is 2.17. The Morgan fingerprint density at radius 3 is 2.43 bits per heavy atom. The van der Waals surface area contributed by atoms with Gasteiger partial charge in [0.15, 0.2) is 0 Å². The maximum Gasteiger partial charge on any atom is 0.145 e. The number of phenolic OH excluding ortho intramolecular Hbond substituents is 1. The van der Waals surface area contributed by atoms with Crippen molar-refractivity contribution in [1.82, 2.24) is 19.4 Å². The van der Waals surface area contributed by atoms with Crippen LogP contribution in [0.3, 0.4) is 0 Å². The summed E-state index contributed by atoms with van der Waals surface area (Å²) in [6, 6.07) is 27.9. The number of imidazole rings is 1. The molecular formula is C30H22N4O. The van der Waals surface area contributed by atoms with E-state index in [4.69, 9.17) is 4.98 Å². The highest BCUT2D eigenvalue weighted by atomic mass is 16.3. The van der Waals surface area contributed by atoms with Crippen LogP contribution in [0, 0.1) is 6.92 Å². The second-order valence-electron chi connectivity index (χ2n) is 8.43. The number of aromatic hydroxyl groups is 1. The van der Waals surface area contributed by atoms with Crippen molar-refractivity contribution in [2.45, 2.75) is 6.92 Å². The van der Waals surface area contributed by atoms with Gasteiger partial charge in [-0.25, -0.2) is 4.98 Å². The number of pyridine rings is 3. The van der Waals surface area contributed by atoms with Crippen LogP contribution in [0.4, 0.5) is 0 Å². The molecule has 0 bridgehead atoms. The number of nitrogens with zero attached hydrogens (tertiary/aromatic N) is 4. The molecule has 6 aromatic rings. The highest BCUT2D eigenvalue weighted by Crippen LogP contribution is 2.37. The van der Waals surface area contributed by atoms with E-state index in [-0.39, 0.29) is 5.75 Å². The molecule has 4 heterocycles. The van der Waals surface area contributed by atoms with Crippen molar-refractivity contribution >= 4 is 5.65 Å². The quantitative estimate of drug-likeness (QED) is 0.318. The number of hydrogen-bond donors (Lipinski definition) is 1. The predicted octanol–water partition coefficient (Wildman–Crippen LogP) is 6.81. The van der Waals surface area contributed by atoms with Gasteiger partial charge in [-0.3, -0.25) is 9.97 Å². The molecule has 0 aliphatic carbocycles. The molecule has 0 radical (unpaired) electrons. The molecule has 0 amide bonds. The SMILES string of the molecule is Cc1c(-c2cc(-c3cccnc3)ccc2O)nc2c(-c3cccc(-c4ccccn4)c3)cccn12. The number of aryl methyl sites for hydroxylation is 1. The minimum absolute atomic E-state index is 0.197. The van der Waals surface area contributed by atoms with Crippen LogP contribution >= 0.6 is 0 Å². The maximum absolute atomic E-state index is 10.8. The average Bonchev–Trinajstić information content (AvgIpc) is 3.26. The lowest BCUT2D eigenvalue weighted by Gasteiger charge is -2.07. The van der Waals surface area contributed by atoms with E-state index >= 15 is 0 Å². The summed E-state index contributed by atoms with van der Waals surface area (Å²) in [7, 11) is 0. The molecule has 1 N–H and O–H groups in total. The smallest absolute Gasteiger partial charge is 0.145 e. The van der Waals surface area contributed by atoms with Crippen LogP contribution < -0.4 is 0 Å². The van der Waals surface area contributed by atoms with Crippen molar-refractivity contribution in [3.05, 3.63) is 115 Å². The Balaban J connectivity index is 1.50. The van der Waals surface area contributed by atoms with Gasteiger partial charge in [0.1, 0.15) is 11.4 Å². The Bertz CT molecular complexity index is 1660. The van der Waals surface area contributed by atoms with Crippen molar-refractivity contribution < 1.29 is 5.11 Å². The van der Waals surface area contributed by atoms with Gasteiger partial charge in [0.2, 0.25) is 0 Å². The lowest BCUT2D eigenvalue weighted by atomic mass is 10.0. The van der Waals surface area contributed by atoms with E-state index in [1.807, 2.05) is 73.9 Å². The third-order valence-electron chi connectivity index (χ3n) is 6.27. The summed E-state index contributed by atoms with van der Waals surface area (Å²) < 4.78 is 2.08. The van der Waals surface area contributed by atoms with Crippen LogP contribution in [0.2, 0.25) is 0 Å². The van der Waals surface area contributed by atoms with Crippen molar-refractivity contribution in [1.29, 1.82) is 0 Å². The summed E-state index contributed by atoms with van der Waals surface area (Å²) in [5, 5.41) is 10.8. The molecule has 0 fully saturated rings. The van der Waals surface area contributed by atoms with Gasteiger partial charge in [-0.1, -0.05) is 36.4 Å². The Morgan fingerprint density at radius 1 is 0.714 bits per heavy atom. The second-order valence-corrected chi connectivity index (χ2v) is 8.43. The first-order valence-corrected chi connectivity index (χ1v) is 11.4. The van der Waals surface area contributed by atoms with Gasteiger partial charge in [-0.15, -0.1) is 0 Å². The number of phenols is 1. The minimum Gasteiger partial charge on any atom is -0.507 e. The lowest BCUT2D eigenvalue weighted by Crippen LogP contribution is -1.90. The Kier molecular flexibility index (Phi) is 5.08. The molecule has 0 saturated heterocycles. The number of aromatic nitrogens is 4. The van der Waals surface area contributed by atoms with Gasteiger partial charge in [-0.05, 0) is 66.6 Å². The first-order valence-electron chi connectivity index (χ1n) is 11.4. The van der Waals surface area contributed by atoms with Crippen molar-refractivity contribution in [2.24, 2.45) is 0 Å². The van der Waals surface area contributed by atoms with Gasteiger partial charge in [-0.2, -0.15) is 0 Å². The monoisotopic (exact) mass is 454 g/mol. The molecular weight excluding hydrogens is 432 g/mol. The number of fused-ring (bicyclic) bond motifs is 1. The van der Waals surface area contributed by atoms with E-state index in [1.165, 1.54) is 0 Å². The topological polar surface area (TPSA) is 63.3 Å². The van der Waals surface area contributed by atoms with E-state index in [1.54, 1.807) is 18.5 Å². The molecule has 5 heteroatoms. The van der Waals surface area contributed by atoms with Crippen LogP contribution in [0.15, 0.2) is 110 Å². The first kappa shape index (κ1) is 20.8. The molecule has 0 aliphatic heterocycles. The van der Waals surface area contributed by atoms with Gasteiger partial charge in [0.25, 0.3) is 0 Å². The number of hydrogen-bond acceptors (Lipinski definition) is 4. The Labute approximate surface area is 203 Å². The van der Waals surface area contributed by atoms with E-state index < -0.39 is 0 Å². The molecule has 0 saturated carbocycles. The third-order valence-corrected chi connectivity index (χ3v) is 6.27. The Morgan fingerprint density at radius 2 is 1.60 bits per heavy atom. The average molecular weight is 455 g/mol. The molecule has 0 spiro atoms. The summed E-state index contributed by atoms with van der Waals surface area (Å²) in [5.41, 5.74) is 9.26. The fraction of sp³-hybridized carbons (Fsp3) is 0.0333. The third kappa shape index (κ3) is 3.73. The van der Waals surface area contributed by atoms with E-state index in [2.05, 4.69) is 38.6 Å². The normalized spacial score (nSPS) is 11.1. The van der Waals surface area contributed by atoms with Crippen molar-refractivity contribution in [2.75, 3.05) is 0 Å². The summed E-state index contributed by atoms with van der Waals surface area (Å²) in [5.74, 6) is 0.197. The summed E-state index contributed by atoms with van der Waals surface area (Å²) in [6.45, 7) is 2.03. The highest BCUT2D eigenvalue weighted by molar-refractivity contribution is 5.84. The zero-order valence-corrected chi connectivity index (χ0v) is 19.1. The largest absolute Gasteiger partial charge is 0.507 e. The molecule has 6 rings (SSSR count). The van der Waals surface area contributed by atoms with Crippen LogP contribution in [-0.4, -0.2) is 24.5 Å². The molecule has 0 aliphatic rings. The lowest BCUT2D eigenvalue weighted by molar-refractivity contribution is 0.477. The summed E-state index contributed by atoms with van der Waals surface area (Å²) in [6.07, 6.45) is 7.38. The van der Waals surface area contributed by atoms with Crippen molar-refractivity contribution in [3.8, 4) is 50.5 Å². The summed E-state index contributed by atoms with van der Waals surface area (Å²) >= 11 is 0. The first-order chi connectivity index (χ1) is 17.2.